The van der Waals surface area contributed by atoms with E-state index in [1.54, 1.807) is 6.92 Å². The topological polar surface area (TPSA) is 102 Å². The maximum atomic E-state index is 12.5. The smallest absolute Gasteiger partial charge is 0.375 e. The van der Waals surface area contributed by atoms with Crippen molar-refractivity contribution in [3.05, 3.63) is 29.0 Å². The van der Waals surface area contributed by atoms with Gasteiger partial charge in [-0.2, -0.15) is 4.89 Å². The number of carbonyl (C=O) groups is 2. The Morgan fingerprint density at radius 1 is 1.00 bits per heavy atom. The van der Waals surface area contributed by atoms with Crippen molar-refractivity contribution in [2.45, 2.75) is 19.4 Å². The third kappa shape index (κ3) is 5.98. The molecule has 0 saturated heterocycles. The highest BCUT2D eigenvalue weighted by Gasteiger charge is 2.30. The van der Waals surface area contributed by atoms with Gasteiger partial charge >= 0.3 is 11.9 Å². The average molecular weight is 614 g/mol. The minimum Gasteiger partial charge on any atom is -0.459 e. The van der Waals surface area contributed by atoms with E-state index in [4.69, 9.17) is 9.84 Å². The summed E-state index contributed by atoms with van der Waals surface area (Å²) in [7, 11) is 0. The fraction of sp³-hybridized carbons (Fsp3) is 0.429. The van der Waals surface area contributed by atoms with Crippen LogP contribution >= 0.6 is 63.7 Å². The third-order valence-corrected chi connectivity index (χ3v) is 7.57. The highest BCUT2D eigenvalue weighted by molar-refractivity contribution is 9.15. The van der Waals surface area contributed by atoms with Crippen LogP contribution in [0.5, 0.6) is 0 Å². The van der Waals surface area contributed by atoms with Crippen molar-refractivity contribution in [2.24, 2.45) is 0 Å². The second kappa shape index (κ2) is 11.0. The van der Waals surface area contributed by atoms with E-state index >= 15 is 0 Å². The lowest BCUT2D eigenvalue weighted by atomic mass is 10.1. The summed E-state index contributed by atoms with van der Waals surface area (Å²) in [5, 5.41) is 18.3. The van der Waals surface area contributed by atoms with Gasteiger partial charge in [0.05, 0.1) is 23.8 Å². The summed E-state index contributed by atoms with van der Waals surface area (Å²) in [6, 6.07) is 0. The number of esters is 1. The number of aliphatic hydroxyl groups is 2. The molecule has 0 aliphatic rings. The standard InChI is InChI=1S/C14H14Br4O7/c1-2-24-25-14(22)8-7(9(15)11(17)12(18)10(8)16)13(21)23-5-6(20)3-4-19/h6,19-20H,2-5H2,1H3. The third-order valence-electron chi connectivity index (χ3n) is 2.80. The first-order valence-electron chi connectivity index (χ1n) is 6.91. The summed E-state index contributed by atoms with van der Waals surface area (Å²) in [6.45, 7) is 1.18. The molecule has 0 amide bonds. The van der Waals surface area contributed by atoms with Gasteiger partial charge in [0.1, 0.15) is 6.61 Å². The van der Waals surface area contributed by atoms with Crippen LogP contribution in [0.25, 0.3) is 0 Å². The SMILES string of the molecule is CCOOC(=O)c1c(Br)c(Br)c(Br)c(Br)c1C(=O)OCC(O)CCO. The van der Waals surface area contributed by atoms with E-state index in [2.05, 4.69) is 73.5 Å². The fourth-order valence-electron chi connectivity index (χ4n) is 1.65. The molecule has 0 spiro atoms. The minimum atomic E-state index is -1.02. The van der Waals surface area contributed by atoms with E-state index in [1.807, 2.05) is 0 Å². The number of rotatable bonds is 8. The number of halogens is 4. The minimum absolute atomic E-state index is 0.0570. The monoisotopic (exact) mass is 610 g/mol. The summed E-state index contributed by atoms with van der Waals surface area (Å²) < 4.78 is 6.49. The van der Waals surface area contributed by atoms with Gasteiger partial charge < -0.3 is 14.9 Å². The fourth-order valence-corrected chi connectivity index (χ4v) is 4.09. The largest absolute Gasteiger partial charge is 0.459 e. The molecule has 0 aliphatic heterocycles. The molecule has 2 N–H and O–H groups in total. The van der Waals surface area contributed by atoms with Crippen LogP contribution < -0.4 is 0 Å². The number of ether oxygens (including phenoxy) is 1. The van der Waals surface area contributed by atoms with E-state index < -0.39 is 18.0 Å². The first-order chi connectivity index (χ1) is 11.8. The quantitative estimate of drug-likeness (QED) is 0.151. The Morgan fingerprint density at radius 3 is 2.00 bits per heavy atom. The lowest BCUT2D eigenvalue weighted by Crippen LogP contribution is -2.22. The molecule has 140 valence electrons. The molecule has 0 aliphatic carbocycles. The summed E-state index contributed by atoms with van der Waals surface area (Å²) in [4.78, 5) is 34.0. The van der Waals surface area contributed by atoms with Crippen molar-refractivity contribution in [2.75, 3.05) is 19.8 Å². The van der Waals surface area contributed by atoms with Crippen molar-refractivity contribution in [3.63, 3.8) is 0 Å². The van der Waals surface area contributed by atoms with Gasteiger partial charge in [-0.1, -0.05) is 0 Å². The summed E-state index contributed by atoms with van der Waals surface area (Å²) >= 11 is 13.1. The highest BCUT2D eigenvalue weighted by Crippen LogP contribution is 2.42. The number of hydrogen-bond acceptors (Lipinski definition) is 7. The van der Waals surface area contributed by atoms with Crippen molar-refractivity contribution in [3.8, 4) is 0 Å². The summed E-state index contributed by atoms with van der Waals surface area (Å²) in [6.07, 6.45) is -0.963. The van der Waals surface area contributed by atoms with Crippen LogP contribution in [0, 0.1) is 0 Å². The molecule has 1 atom stereocenters. The molecule has 1 aromatic carbocycles. The molecule has 0 saturated carbocycles. The molecule has 11 heteroatoms. The highest BCUT2D eigenvalue weighted by atomic mass is 79.9. The molecule has 1 unspecified atom stereocenters. The average Bonchev–Trinajstić information content (AvgIpc) is 2.58. The van der Waals surface area contributed by atoms with Crippen molar-refractivity contribution in [1.29, 1.82) is 0 Å². The lowest BCUT2D eigenvalue weighted by molar-refractivity contribution is -0.237. The Hall–Kier alpha value is -0.0400. The number of carbonyl (C=O) groups excluding carboxylic acids is 2. The zero-order valence-electron chi connectivity index (χ0n) is 12.9. The lowest BCUT2D eigenvalue weighted by Gasteiger charge is -2.16. The summed E-state index contributed by atoms with van der Waals surface area (Å²) in [5.41, 5.74) is -0.222. The van der Waals surface area contributed by atoms with Crippen LogP contribution in [0.4, 0.5) is 0 Å². The zero-order chi connectivity index (χ0) is 19.1. The Morgan fingerprint density at radius 2 is 1.52 bits per heavy atom. The van der Waals surface area contributed by atoms with Gasteiger partial charge in [0, 0.05) is 24.5 Å². The predicted octanol–water partition coefficient (Wildman–Crippen LogP) is 3.75. The Kier molecular flexibility index (Phi) is 10.1. The zero-order valence-corrected chi connectivity index (χ0v) is 19.2. The van der Waals surface area contributed by atoms with Gasteiger partial charge in [0.2, 0.25) is 0 Å². The second-order valence-corrected chi connectivity index (χ2v) is 7.72. The molecule has 25 heavy (non-hydrogen) atoms. The molecule has 0 fully saturated rings. The Bertz CT molecular complexity index is 651. The van der Waals surface area contributed by atoms with Crippen molar-refractivity contribution < 1.29 is 34.3 Å². The number of hydrogen-bond donors (Lipinski definition) is 2. The molecular formula is C14H14Br4O7. The van der Waals surface area contributed by atoms with Gasteiger partial charge in [-0.25, -0.2) is 9.59 Å². The molecular weight excluding hydrogens is 600 g/mol. The van der Waals surface area contributed by atoms with Crippen LogP contribution in [0.3, 0.4) is 0 Å². The van der Waals surface area contributed by atoms with E-state index in [0.717, 1.165) is 0 Å². The van der Waals surface area contributed by atoms with Gasteiger partial charge in [0.15, 0.2) is 0 Å². The first kappa shape index (κ1) is 23.0. The van der Waals surface area contributed by atoms with E-state index in [1.165, 1.54) is 0 Å². The predicted molar refractivity (Wildman–Crippen MR) is 102 cm³/mol. The first-order valence-corrected chi connectivity index (χ1v) is 10.1. The van der Waals surface area contributed by atoms with E-state index in [0.29, 0.717) is 8.95 Å². The second-order valence-electron chi connectivity index (χ2n) is 4.55. The van der Waals surface area contributed by atoms with Gasteiger partial charge in [-0.15, -0.1) is 0 Å². The Balaban J connectivity index is 3.27. The number of aliphatic hydroxyl groups excluding tert-OH is 2. The molecule has 7 nitrogen and oxygen atoms in total. The number of benzene rings is 1. The maximum Gasteiger partial charge on any atom is 0.375 e. The molecule has 0 aromatic heterocycles. The normalized spacial score (nSPS) is 12.0. The van der Waals surface area contributed by atoms with E-state index in [-0.39, 0.29) is 46.3 Å². The van der Waals surface area contributed by atoms with Gasteiger partial charge in [0.25, 0.3) is 0 Å². The van der Waals surface area contributed by atoms with Crippen molar-refractivity contribution in [1.82, 2.24) is 0 Å². The maximum absolute atomic E-state index is 12.5. The van der Waals surface area contributed by atoms with Crippen LogP contribution in [-0.2, 0) is 14.5 Å². The van der Waals surface area contributed by atoms with Crippen LogP contribution in [0.1, 0.15) is 34.1 Å². The van der Waals surface area contributed by atoms with Gasteiger partial charge in [-0.05, 0) is 77.1 Å². The molecule has 0 radical (unpaired) electrons. The molecule has 1 aromatic rings. The molecule has 0 heterocycles. The van der Waals surface area contributed by atoms with Crippen LogP contribution in [-0.4, -0.2) is 48.1 Å². The van der Waals surface area contributed by atoms with Crippen molar-refractivity contribution >= 4 is 75.7 Å². The summed E-state index contributed by atoms with van der Waals surface area (Å²) in [5.74, 6) is -1.76. The van der Waals surface area contributed by atoms with Crippen LogP contribution in [0.2, 0.25) is 0 Å². The van der Waals surface area contributed by atoms with Crippen LogP contribution in [0.15, 0.2) is 17.9 Å². The Labute approximate surface area is 177 Å². The van der Waals surface area contributed by atoms with E-state index in [9.17, 15) is 14.7 Å². The molecule has 0 bridgehead atoms. The van der Waals surface area contributed by atoms with Gasteiger partial charge in [-0.3, -0.25) is 4.89 Å². The molecule has 1 rings (SSSR count).